The van der Waals surface area contributed by atoms with Crippen LogP contribution in [-0.4, -0.2) is 0 Å². The van der Waals surface area contributed by atoms with Gasteiger partial charge in [0.05, 0.1) is 0 Å². The molecule has 0 atom stereocenters. The SMILES string of the molecule is F.F.F.[F-].[F-].[H+].[H+].[H-].[K+]. The Hall–Kier alpha value is 1.29. The molecule has 42 valence electrons. The van der Waals surface area contributed by atoms with E-state index in [4.69, 9.17) is 0 Å². The molecule has 0 fully saturated rings. The average Bonchev–Trinajstić information content (AvgIpc) is 0. The normalized spacial score (nSPS) is 0. The standard InChI is InChI=1S/5FH.K.H/h5*1H;;/q;;;;;+1;-1. The van der Waals surface area contributed by atoms with Gasteiger partial charge in [0.2, 0.25) is 0 Å². The molecule has 0 saturated carbocycles. The molecule has 0 aromatic heterocycles. The molecule has 0 aliphatic carbocycles. The first-order valence-corrected chi connectivity index (χ1v) is 0. The minimum atomic E-state index is 0. The summed E-state index contributed by atoms with van der Waals surface area (Å²) in [6.45, 7) is 0. The minimum absolute atomic E-state index is 0. The van der Waals surface area contributed by atoms with Crippen molar-refractivity contribution in [1.82, 2.24) is 0 Å². The largest absolute Gasteiger partial charge is 1.00 e. The van der Waals surface area contributed by atoms with Crippen LogP contribution in [0.15, 0.2) is 0 Å². The zero-order chi connectivity index (χ0) is 0. The van der Waals surface area contributed by atoms with Crippen LogP contribution in [0.25, 0.3) is 0 Å². The van der Waals surface area contributed by atoms with Crippen LogP contribution in [-0.2, 0) is 0 Å². The summed E-state index contributed by atoms with van der Waals surface area (Å²) in [5.74, 6) is 0. The van der Waals surface area contributed by atoms with E-state index in [9.17, 15) is 0 Å². The predicted octanol–water partition coefficient (Wildman–Crippen LogP) is -8.19. The molecule has 0 aliphatic heterocycles. The first-order valence-electron chi connectivity index (χ1n) is 0. The van der Waals surface area contributed by atoms with Crippen LogP contribution in [0.5, 0.6) is 0 Å². The number of halogens is 5. The number of hydrogen-bond acceptors (Lipinski definition) is 0. The Labute approximate surface area is 78.4 Å². The van der Waals surface area contributed by atoms with Crippen molar-refractivity contribution in [1.29, 1.82) is 0 Å². The predicted molar refractivity (Wildman–Crippen MR) is 10.8 cm³/mol. The fraction of sp³-hybridized carbons (Fsp3) is 0. The third-order valence-electron chi connectivity index (χ3n) is 0. The minimum Gasteiger partial charge on any atom is -1.00 e. The summed E-state index contributed by atoms with van der Waals surface area (Å²) < 4.78 is 0. The Morgan fingerprint density at radius 1 is 0.833 bits per heavy atom. The molecule has 6 heavy (non-hydrogen) atoms. The van der Waals surface area contributed by atoms with Crippen molar-refractivity contribution in [3.63, 3.8) is 0 Å². The van der Waals surface area contributed by atoms with E-state index >= 15 is 0 Å². The van der Waals surface area contributed by atoms with E-state index in [1.165, 1.54) is 0 Å². The maximum absolute atomic E-state index is 0. The Bertz CT molecular complexity index is 12.2. The van der Waals surface area contributed by atoms with Crippen LogP contribution in [0, 0.1) is 0 Å². The molecule has 0 aromatic rings. The average molecular weight is 140 g/mol. The van der Waals surface area contributed by atoms with E-state index in [2.05, 4.69) is 0 Å². The van der Waals surface area contributed by atoms with E-state index in [1.54, 1.807) is 0 Å². The van der Waals surface area contributed by atoms with Gasteiger partial charge in [-0.25, -0.2) is 0 Å². The van der Waals surface area contributed by atoms with E-state index in [-0.39, 0.29) is 79.2 Å². The Kier molecular flexibility index (Phi) is 3080. The van der Waals surface area contributed by atoms with Gasteiger partial charge >= 0.3 is 54.2 Å². The number of rotatable bonds is 0. The van der Waals surface area contributed by atoms with Gasteiger partial charge in [0, 0.05) is 0 Å². The topological polar surface area (TPSA) is 0 Å². The van der Waals surface area contributed by atoms with Gasteiger partial charge in [-0.2, -0.15) is 0 Å². The Balaban J connectivity index is 0. The zero-order valence-corrected chi connectivity index (χ0v) is 6.10. The molecule has 0 nitrogen and oxygen atoms in total. The second kappa shape index (κ2) is 106. The van der Waals surface area contributed by atoms with Crippen molar-refractivity contribution in [3.05, 3.63) is 0 Å². The van der Waals surface area contributed by atoms with E-state index in [1.807, 2.05) is 0 Å². The summed E-state index contributed by atoms with van der Waals surface area (Å²) in [6.07, 6.45) is 0. The van der Waals surface area contributed by atoms with E-state index < -0.39 is 0 Å². The molecule has 0 aromatic carbocycles. The molecule has 0 rings (SSSR count). The molecular formula is H6F5K. The van der Waals surface area contributed by atoms with Crippen LogP contribution in [0.1, 0.15) is 4.28 Å². The molecular weight excluding hydrogens is 134 g/mol. The summed E-state index contributed by atoms with van der Waals surface area (Å²) in [5, 5.41) is 0. The van der Waals surface area contributed by atoms with Gasteiger partial charge in [0.1, 0.15) is 0 Å². The van der Waals surface area contributed by atoms with Crippen LogP contribution in [0.2, 0.25) is 0 Å². The summed E-state index contributed by atoms with van der Waals surface area (Å²) >= 11 is 0. The van der Waals surface area contributed by atoms with Gasteiger partial charge in [-0.15, -0.1) is 0 Å². The van der Waals surface area contributed by atoms with Crippen LogP contribution < -0.4 is 60.8 Å². The van der Waals surface area contributed by atoms with Gasteiger partial charge in [-0.3, -0.25) is 14.1 Å². The first-order chi connectivity index (χ1) is 0. The van der Waals surface area contributed by atoms with Gasteiger partial charge in [-0.05, 0) is 0 Å². The van der Waals surface area contributed by atoms with Gasteiger partial charge in [0.25, 0.3) is 0 Å². The third-order valence-corrected chi connectivity index (χ3v) is 0. The van der Waals surface area contributed by atoms with Crippen LogP contribution in [0.3, 0.4) is 0 Å². The second-order valence-corrected chi connectivity index (χ2v) is 0. The maximum Gasteiger partial charge on any atom is 1.00 e. The molecule has 0 radical (unpaired) electrons. The molecule has 0 N–H and O–H groups in total. The first kappa shape index (κ1) is 174. The van der Waals surface area contributed by atoms with Crippen molar-refractivity contribution >= 4 is 0 Å². The molecule has 0 spiro atoms. The summed E-state index contributed by atoms with van der Waals surface area (Å²) in [4.78, 5) is 0. The maximum atomic E-state index is 0. The van der Waals surface area contributed by atoms with Crippen molar-refractivity contribution in [2.45, 2.75) is 0 Å². The van der Waals surface area contributed by atoms with E-state index in [0.717, 1.165) is 0 Å². The summed E-state index contributed by atoms with van der Waals surface area (Å²) in [5.41, 5.74) is 0. The molecule has 0 amide bonds. The second-order valence-electron chi connectivity index (χ2n) is 0. The van der Waals surface area contributed by atoms with Crippen molar-refractivity contribution in [3.8, 4) is 0 Å². The van der Waals surface area contributed by atoms with Gasteiger partial charge in [-0.1, -0.05) is 0 Å². The van der Waals surface area contributed by atoms with E-state index in [0.29, 0.717) is 0 Å². The third kappa shape index (κ3) is 58.7. The quantitative estimate of drug-likeness (QED) is 0.231. The van der Waals surface area contributed by atoms with Crippen molar-refractivity contribution in [2.24, 2.45) is 0 Å². The molecule has 0 saturated heterocycles. The van der Waals surface area contributed by atoms with Gasteiger partial charge in [0.15, 0.2) is 0 Å². The van der Waals surface area contributed by atoms with Crippen molar-refractivity contribution < 1.29 is 79.2 Å². The van der Waals surface area contributed by atoms with Crippen LogP contribution in [0.4, 0.5) is 14.1 Å². The molecule has 0 heterocycles. The fourth-order valence-electron chi connectivity index (χ4n) is 0. The fourth-order valence-corrected chi connectivity index (χ4v) is 0. The van der Waals surface area contributed by atoms with Crippen molar-refractivity contribution in [2.75, 3.05) is 0 Å². The zero-order valence-electron chi connectivity index (χ0n) is 5.98. The summed E-state index contributed by atoms with van der Waals surface area (Å²) in [6, 6.07) is 0. The monoisotopic (exact) mass is 140 g/mol. The Morgan fingerprint density at radius 2 is 0.833 bits per heavy atom. The Morgan fingerprint density at radius 3 is 0.833 bits per heavy atom. The van der Waals surface area contributed by atoms with Gasteiger partial charge < -0.3 is 10.8 Å². The smallest absolute Gasteiger partial charge is 1.00 e. The molecule has 0 unspecified atom stereocenters. The number of hydrogen-bond donors (Lipinski definition) is 0. The van der Waals surface area contributed by atoms with Crippen LogP contribution >= 0.6 is 0 Å². The molecule has 0 bridgehead atoms. The molecule has 0 aliphatic rings. The molecule has 6 heteroatoms. The summed E-state index contributed by atoms with van der Waals surface area (Å²) in [7, 11) is 0.